The maximum atomic E-state index is 12.3. The van der Waals surface area contributed by atoms with Gasteiger partial charge in [0.2, 0.25) is 0 Å². The zero-order chi connectivity index (χ0) is 24.7. The van der Waals surface area contributed by atoms with Gasteiger partial charge in [0.05, 0.1) is 22.3 Å². The van der Waals surface area contributed by atoms with Gasteiger partial charge in [-0.2, -0.15) is 5.10 Å². The van der Waals surface area contributed by atoms with Gasteiger partial charge in [-0.25, -0.2) is 5.43 Å². The van der Waals surface area contributed by atoms with Crippen LogP contribution in [0.15, 0.2) is 68.6 Å². The Balaban J connectivity index is 1.59. The molecule has 9 heteroatoms. The summed E-state index contributed by atoms with van der Waals surface area (Å²) in [6.07, 6.45) is 1.50. The monoisotopic (exact) mass is 587 g/mol. The topological polar surface area (TPSA) is 89.0 Å². The van der Waals surface area contributed by atoms with E-state index in [0.717, 1.165) is 16.8 Å². The molecule has 7 nitrogen and oxygen atoms in total. The summed E-state index contributed by atoms with van der Waals surface area (Å²) in [7, 11) is 1.54. The number of halogens is 2. The summed E-state index contributed by atoms with van der Waals surface area (Å²) >= 11 is 6.92. The number of nitrogens with one attached hydrogen (secondary N) is 2. The van der Waals surface area contributed by atoms with Gasteiger partial charge in [0.15, 0.2) is 6.61 Å². The van der Waals surface area contributed by atoms with Crippen molar-refractivity contribution in [2.45, 2.75) is 13.8 Å². The summed E-state index contributed by atoms with van der Waals surface area (Å²) in [6, 6.07) is 16.1. The average Bonchev–Trinajstić information content (AvgIpc) is 2.80. The van der Waals surface area contributed by atoms with Crippen molar-refractivity contribution in [1.29, 1.82) is 0 Å². The predicted molar refractivity (Wildman–Crippen MR) is 140 cm³/mol. The highest BCUT2D eigenvalue weighted by atomic mass is 79.9. The molecular formula is C25H23Br2N3O4. The maximum absolute atomic E-state index is 12.3. The first-order chi connectivity index (χ1) is 16.3. The number of hydrazone groups is 1. The van der Waals surface area contributed by atoms with E-state index in [-0.39, 0.29) is 18.4 Å². The van der Waals surface area contributed by atoms with Crippen molar-refractivity contribution in [1.82, 2.24) is 5.43 Å². The van der Waals surface area contributed by atoms with Crippen LogP contribution in [0.1, 0.15) is 27.0 Å². The summed E-state index contributed by atoms with van der Waals surface area (Å²) in [4.78, 5) is 24.6. The minimum atomic E-state index is -0.358. The molecule has 0 aliphatic rings. The summed E-state index contributed by atoms with van der Waals surface area (Å²) in [5.74, 6) is 0.441. The Morgan fingerprint density at radius 3 is 2.44 bits per heavy atom. The van der Waals surface area contributed by atoms with E-state index in [0.29, 0.717) is 31.6 Å². The molecule has 0 aliphatic heterocycles. The Morgan fingerprint density at radius 2 is 1.76 bits per heavy atom. The number of methoxy groups -OCH3 is 1. The van der Waals surface area contributed by atoms with Crippen molar-refractivity contribution >= 4 is 55.6 Å². The third-order valence-electron chi connectivity index (χ3n) is 4.74. The number of nitrogens with zero attached hydrogens (tertiary/aromatic N) is 1. The zero-order valence-corrected chi connectivity index (χ0v) is 22.0. The number of carbonyl (C=O) groups is 2. The number of amides is 2. The Labute approximate surface area is 214 Å². The summed E-state index contributed by atoms with van der Waals surface area (Å²) in [5.41, 5.74) is 6.48. The molecule has 3 aromatic carbocycles. The summed E-state index contributed by atoms with van der Waals surface area (Å²) < 4.78 is 12.1. The Kier molecular flexibility index (Phi) is 8.84. The van der Waals surface area contributed by atoms with Crippen LogP contribution in [0.5, 0.6) is 11.5 Å². The van der Waals surface area contributed by atoms with E-state index in [1.807, 2.05) is 32.0 Å². The first kappa shape index (κ1) is 25.5. The number of hydrogen-bond acceptors (Lipinski definition) is 5. The predicted octanol–water partition coefficient (Wildman–Crippen LogP) is 5.62. The lowest BCUT2D eigenvalue weighted by molar-refractivity contribution is -0.118. The van der Waals surface area contributed by atoms with Crippen LogP contribution in [0.25, 0.3) is 0 Å². The van der Waals surface area contributed by atoms with E-state index in [1.54, 1.807) is 36.4 Å². The van der Waals surface area contributed by atoms with Crippen LogP contribution < -0.4 is 20.2 Å². The fraction of sp³-hybridized carbons (Fsp3) is 0.160. The molecule has 0 fully saturated rings. The van der Waals surface area contributed by atoms with E-state index in [9.17, 15) is 9.59 Å². The highest BCUT2D eigenvalue weighted by Gasteiger charge is 2.12. The van der Waals surface area contributed by atoms with Gasteiger partial charge < -0.3 is 14.8 Å². The number of anilines is 1. The third-order valence-corrected chi connectivity index (χ3v) is 5.91. The molecule has 0 bridgehead atoms. The second kappa shape index (κ2) is 11.8. The lowest BCUT2D eigenvalue weighted by atomic mass is 10.1. The standard InChI is InChI=1S/C25H23Br2N3O4/c1-15-7-8-22(16(2)9-15)29-23(31)14-34-24-20(26)10-17(11-21(24)27)13-28-30-25(32)18-5-4-6-19(12-18)33-3/h4-13H,14H2,1-3H3,(H,29,31)(H,30,32)/b28-13+. The molecule has 2 amide bonds. The van der Waals surface area contributed by atoms with E-state index in [2.05, 4.69) is 47.7 Å². The Hall–Kier alpha value is -3.17. The molecule has 0 heterocycles. The molecule has 0 saturated carbocycles. The number of benzene rings is 3. The molecule has 34 heavy (non-hydrogen) atoms. The van der Waals surface area contributed by atoms with Crippen LogP contribution in [0.2, 0.25) is 0 Å². The lowest BCUT2D eigenvalue weighted by Gasteiger charge is -2.12. The van der Waals surface area contributed by atoms with Crippen LogP contribution in [0.3, 0.4) is 0 Å². The van der Waals surface area contributed by atoms with Crippen molar-refractivity contribution < 1.29 is 19.1 Å². The second-order valence-corrected chi connectivity index (χ2v) is 9.11. The van der Waals surface area contributed by atoms with Crippen LogP contribution in [0.4, 0.5) is 5.69 Å². The molecule has 0 atom stereocenters. The highest BCUT2D eigenvalue weighted by Crippen LogP contribution is 2.34. The van der Waals surface area contributed by atoms with Gasteiger partial charge in [-0.05, 0) is 93.2 Å². The molecule has 0 radical (unpaired) electrons. The largest absolute Gasteiger partial charge is 0.497 e. The van der Waals surface area contributed by atoms with Crippen molar-refractivity contribution in [3.63, 3.8) is 0 Å². The fourth-order valence-electron chi connectivity index (χ4n) is 3.06. The van der Waals surface area contributed by atoms with Gasteiger partial charge in [0.1, 0.15) is 11.5 Å². The number of hydrogen-bond donors (Lipinski definition) is 2. The van der Waals surface area contributed by atoms with Crippen LogP contribution in [0, 0.1) is 13.8 Å². The van der Waals surface area contributed by atoms with Gasteiger partial charge in [-0.15, -0.1) is 0 Å². The molecule has 0 spiro atoms. The molecule has 176 valence electrons. The first-order valence-electron chi connectivity index (χ1n) is 10.2. The number of ether oxygens (including phenoxy) is 2. The number of rotatable bonds is 8. The van der Waals surface area contributed by atoms with E-state index in [1.165, 1.54) is 13.3 Å². The average molecular weight is 589 g/mol. The van der Waals surface area contributed by atoms with Crippen molar-refractivity contribution in [3.05, 3.63) is 85.8 Å². The SMILES string of the molecule is COc1cccc(C(=O)N/N=C/c2cc(Br)c(OCC(=O)Nc3ccc(C)cc3C)c(Br)c2)c1. The maximum Gasteiger partial charge on any atom is 0.271 e. The van der Waals surface area contributed by atoms with Gasteiger partial charge in [0, 0.05) is 11.3 Å². The van der Waals surface area contributed by atoms with E-state index >= 15 is 0 Å². The van der Waals surface area contributed by atoms with Crippen LogP contribution in [-0.2, 0) is 4.79 Å². The van der Waals surface area contributed by atoms with Gasteiger partial charge in [-0.3, -0.25) is 9.59 Å². The van der Waals surface area contributed by atoms with Crippen LogP contribution >= 0.6 is 31.9 Å². The molecule has 3 aromatic rings. The van der Waals surface area contributed by atoms with Crippen molar-refractivity contribution in [2.75, 3.05) is 19.0 Å². The first-order valence-corrected chi connectivity index (χ1v) is 11.8. The minimum Gasteiger partial charge on any atom is -0.497 e. The molecule has 0 unspecified atom stereocenters. The van der Waals surface area contributed by atoms with Gasteiger partial charge in [-0.1, -0.05) is 23.8 Å². The molecule has 0 aromatic heterocycles. The van der Waals surface area contributed by atoms with Crippen molar-refractivity contribution in [3.8, 4) is 11.5 Å². The molecule has 0 aliphatic carbocycles. The molecule has 2 N–H and O–H groups in total. The van der Waals surface area contributed by atoms with Gasteiger partial charge in [0.25, 0.3) is 11.8 Å². The highest BCUT2D eigenvalue weighted by molar-refractivity contribution is 9.11. The minimum absolute atomic E-state index is 0.158. The quantitative estimate of drug-likeness (QED) is 0.264. The smallest absolute Gasteiger partial charge is 0.271 e. The molecule has 0 saturated heterocycles. The van der Waals surface area contributed by atoms with E-state index in [4.69, 9.17) is 9.47 Å². The summed E-state index contributed by atoms with van der Waals surface area (Å²) in [6.45, 7) is 3.78. The third kappa shape index (κ3) is 6.91. The number of carbonyl (C=O) groups excluding carboxylic acids is 2. The van der Waals surface area contributed by atoms with Gasteiger partial charge >= 0.3 is 0 Å². The zero-order valence-electron chi connectivity index (χ0n) is 18.8. The lowest BCUT2D eigenvalue weighted by Crippen LogP contribution is -2.21. The van der Waals surface area contributed by atoms with Crippen molar-refractivity contribution in [2.24, 2.45) is 5.10 Å². The Morgan fingerprint density at radius 1 is 1.03 bits per heavy atom. The fourth-order valence-corrected chi connectivity index (χ4v) is 4.51. The van der Waals surface area contributed by atoms with Crippen LogP contribution in [-0.4, -0.2) is 31.7 Å². The molecular weight excluding hydrogens is 566 g/mol. The van der Waals surface area contributed by atoms with E-state index < -0.39 is 0 Å². The second-order valence-electron chi connectivity index (χ2n) is 7.40. The Bertz CT molecular complexity index is 1220. The molecule has 3 rings (SSSR count). The summed E-state index contributed by atoms with van der Waals surface area (Å²) in [5, 5.41) is 6.86. The normalized spacial score (nSPS) is 10.7. The number of aryl methyl sites for hydroxylation is 2.